The minimum atomic E-state index is -0.474. The van der Waals surface area contributed by atoms with Gasteiger partial charge in [-0.05, 0) is 37.2 Å². The Hall–Kier alpha value is -1.58. The molecule has 0 saturated carbocycles. The molecule has 0 aliphatic carbocycles. The van der Waals surface area contributed by atoms with Crippen LogP contribution >= 0.6 is 12.2 Å². The summed E-state index contributed by atoms with van der Waals surface area (Å²) in [5.74, 6) is 0. The predicted octanol–water partition coefficient (Wildman–Crippen LogP) is 2.95. The number of hydrogen-bond donors (Lipinski definition) is 0. The Morgan fingerprint density at radius 3 is 2.64 bits per heavy atom. The fourth-order valence-electron chi connectivity index (χ4n) is 1.12. The fourth-order valence-corrected chi connectivity index (χ4v) is 1.21. The topological polar surface area (TPSA) is 55.5 Å². The maximum atomic E-state index is 10.6. The lowest BCUT2D eigenvalue weighted by atomic mass is 10.1. The van der Waals surface area contributed by atoms with Gasteiger partial charge in [0, 0.05) is 6.07 Å². The minimum absolute atomic E-state index is 0.0366. The lowest BCUT2D eigenvalue weighted by Gasteiger charge is -2.03. The molecule has 0 aliphatic rings. The van der Waals surface area contributed by atoms with E-state index in [1.807, 2.05) is 6.92 Å². The molecule has 1 rings (SSSR count). The third-order valence-corrected chi connectivity index (χ3v) is 2.13. The van der Waals surface area contributed by atoms with E-state index in [1.165, 1.54) is 6.07 Å². The van der Waals surface area contributed by atoms with Gasteiger partial charge in [-0.3, -0.25) is 10.1 Å². The smallest absolute Gasteiger partial charge is 0.258 e. The van der Waals surface area contributed by atoms with Gasteiger partial charge in [-0.25, -0.2) is 0 Å². The monoisotopic (exact) mass is 208 g/mol. The van der Waals surface area contributed by atoms with E-state index >= 15 is 0 Å². The molecule has 0 atom stereocenters. The highest BCUT2D eigenvalue weighted by Crippen LogP contribution is 2.32. The van der Waals surface area contributed by atoms with Crippen LogP contribution in [-0.4, -0.2) is 10.1 Å². The molecular formula is C9H8N2O2S. The number of benzene rings is 1. The predicted molar refractivity (Wildman–Crippen MR) is 57.3 cm³/mol. The van der Waals surface area contributed by atoms with Crippen molar-refractivity contribution in [2.24, 2.45) is 4.99 Å². The summed E-state index contributed by atoms with van der Waals surface area (Å²) in [6.07, 6.45) is 0. The summed E-state index contributed by atoms with van der Waals surface area (Å²) in [5.41, 5.74) is 1.96. The Labute approximate surface area is 86.4 Å². The molecule has 0 N–H and O–H groups in total. The Morgan fingerprint density at radius 2 is 2.14 bits per heavy atom. The molecule has 4 nitrogen and oxygen atoms in total. The molecule has 0 aromatic heterocycles. The van der Waals surface area contributed by atoms with Crippen molar-refractivity contribution < 1.29 is 4.92 Å². The average molecular weight is 208 g/mol. The first kappa shape index (κ1) is 10.5. The summed E-state index contributed by atoms with van der Waals surface area (Å²) < 4.78 is 0. The van der Waals surface area contributed by atoms with Crippen molar-refractivity contribution in [3.05, 3.63) is 33.4 Å². The Morgan fingerprint density at radius 1 is 1.50 bits per heavy atom. The highest BCUT2D eigenvalue weighted by molar-refractivity contribution is 7.78. The zero-order valence-electron chi connectivity index (χ0n) is 7.77. The van der Waals surface area contributed by atoms with Crippen LogP contribution in [0.25, 0.3) is 0 Å². The van der Waals surface area contributed by atoms with Crippen LogP contribution in [-0.2, 0) is 0 Å². The summed E-state index contributed by atoms with van der Waals surface area (Å²) >= 11 is 4.44. The Balaban J connectivity index is 3.52. The summed E-state index contributed by atoms with van der Waals surface area (Å²) in [4.78, 5) is 13.9. The van der Waals surface area contributed by atoms with Crippen LogP contribution in [0.1, 0.15) is 11.1 Å². The summed E-state index contributed by atoms with van der Waals surface area (Å²) in [7, 11) is 0. The van der Waals surface area contributed by atoms with E-state index in [0.717, 1.165) is 11.1 Å². The van der Waals surface area contributed by atoms with Gasteiger partial charge in [0.25, 0.3) is 5.69 Å². The Bertz CT molecular complexity index is 437. The van der Waals surface area contributed by atoms with Gasteiger partial charge in [0.2, 0.25) is 0 Å². The third-order valence-electron chi connectivity index (χ3n) is 2.03. The van der Waals surface area contributed by atoms with E-state index < -0.39 is 4.92 Å². The van der Waals surface area contributed by atoms with Gasteiger partial charge in [-0.2, -0.15) is 4.99 Å². The number of thiocarbonyl (C=S) groups is 1. The number of aliphatic imine (C=N–C) groups is 1. The van der Waals surface area contributed by atoms with Gasteiger partial charge < -0.3 is 0 Å². The number of aryl methyl sites for hydroxylation is 1. The van der Waals surface area contributed by atoms with Gasteiger partial charge in [0.15, 0.2) is 5.69 Å². The highest BCUT2D eigenvalue weighted by Gasteiger charge is 2.16. The Kier molecular flexibility index (Phi) is 3.06. The molecule has 0 unspecified atom stereocenters. The van der Waals surface area contributed by atoms with Crippen LogP contribution in [0.3, 0.4) is 0 Å². The van der Waals surface area contributed by atoms with Crippen LogP contribution in [0.2, 0.25) is 0 Å². The second-order valence-electron chi connectivity index (χ2n) is 2.84. The van der Waals surface area contributed by atoms with Crippen LogP contribution in [0.4, 0.5) is 11.4 Å². The van der Waals surface area contributed by atoms with E-state index in [1.54, 1.807) is 13.0 Å². The molecule has 0 fully saturated rings. The van der Waals surface area contributed by atoms with Crippen LogP contribution in [0.5, 0.6) is 0 Å². The zero-order valence-corrected chi connectivity index (χ0v) is 8.59. The number of rotatable bonds is 2. The molecule has 5 heteroatoms. The number of nitro benzene ring substituents is 1. The number of hydrogen-bond acceptors (Lipinski definition) is 4. The van der Waals surface area contributed by atoms with Crippen molar-refractivity contribution in [2.75, 3.05) is 0 Å². The van der Waals surface area contributed by atoms with Crippen LogP contribution in [0, 0.1) is 24.0 Å². The third kappa shape index (κ3) is 1.84. The van der Waals surface area contributed by atoms with Gasteiger partial charge in [0.05, 0.1) is 10.1 Å². The van der Waals surface area contributed by atoms with Crippen LogP contribution < -0.4 is 0 Å². The van der Waals surface area contributed by atoms with Gasteiger partial charge in [-0.1, -0.05) is 6.07 Å². The largest absolute Gasteiger partial charge is 0.295 e. The molecule has 14 heavy (non-hydrogen) atoms. The molecule has 1 aromatic rings. The number of nitrogens with zero attached hydrogens (tertiary/aromatic N) is 2. The van der Waals surface area contributed by atoms with Crippen molar-refractivity contribution in [3.63, 3.8) is 0 Å². The van der Waals surface area contributed by atoms with Crippen molar-refractivity contribution in [2.45, 2.75) is 13.8 Å². The number of nitro groups is 1. The first-order chi connectivity index (χ1) is 6.57. The molecule has 0 amide bonds. The zero-order chi connectivity index (χ0) is 10.7. The van der Waals surface area contributed by atoms with E-state index in [2.05, 4.69) is 22.4 Å². The minimum Gasteiger partial charge on any atom is -0.258 e. The first-order valence-corrected chi connectivity index (χ1v) is 4.31. The lowest BCUT2D eigenvalue weighted by molar-refractivity contribution is -0.384. The summed E-state index contributed by atoms with van der Waals surface area (Å²) in [6.45, 7) is 3.63. The summed E-state index contributed by atoms with van der Waals surface area (Å²) in [5, 5.41) is 12.8. The van der Waals surface area contributed by atoms with Gasteiger partial charge >= 0.3 is 0 Å². The molecule has 0 aliphatic heterocycles. The van der Waals surface area contributed by atoms with Crippen molar-refractivity contribution in [1.82, 2.24) is 0 Å². The maximum absolute atomic E-state index is 10.6. The summed E-state index contributed by atoms with van der Waals surface area (Å²) in [6, 6.07) is 3.11. The van der Waals surface area contributed by atoms with Crippen molar-refractivity contribution >= 4 is 28.8 Å². The molecular weight excluding hydrogens is 200 g/mol. The molecule has 0 saturated heterocycles. The second-order valence-corrected chi connectivity index (χ2v) is 3.02. The standard InChI is InChI=1S/C9H8N2O2S/c1-6-3-4-8(11(12)13)9(7(6)2)10-5-14/h3-4H,1-2H3. The number of isothiocyanates is 1. The lowest BCUT2D eigenvalue weighted by Crippen LogP contribution is -1.91. The molecule has 0 bridgehead atoms. The average Bonchev–Trinajstić information content (AvgIpc) is 2.13. The van der Waals surface area contributed by atoms with E-state index in [9.17, 15) is 10.1 Å². The van der Waals surface area contributed by atoms with E-state index in [4.69, 9.17) is 0 Å². The van der Waals surface area contributed by atoms with Crippen LogP contribution in [0.15, 0.2) is 17.1 Å². The highest BCUT2D eigenvalue weighted by atomic mass is 32.1. The molecule has 0 spiro atoms. The van der Waals surface area contributed by atoms with Crippen molar-refractivity contribution in [3.8, 4) is 0 Å². The first-order valence-electron chi connectivity index (χ1n) is 3.90. The van der Waals surface area contributed by atoms with Gasteiger partial charge in [0.1, 0.15) is 0 Å². The molecule has 72 valence electrons. The normalized spacial score (nSPS) is 9.29. The van der Waals surface area contributed by atoms with E-state index in [0.29, 0.717) is 5.69 Å². The van der Waals surface area contributed by atoms with Gasteiger partial charge in [-0.15, -0.1) is 0 Å². The quantitative estimate of drug-likeness (QED) is 0.325. The molecule has 0 radical (unpaired) electrons. The molecule has 0 heterocycles. The van der Waals surface area contributed by atoms with E-state index in [-0.39, 0.29) is 5.69 Å². The SMILES string of the molecule is Cc1ccc([N+](=O)[O-])c(N=C=S)c1C. The maximum Gasteiger partial charge on any atom is 0.295 e. The molecule has 1 aromatic carbocycles. The second kappa shape index (κ2) is 4.09. The van der Waals surface area contributed by atoms with Crippen molar-refractivity contribution in [1.29, 1.82) is 0 Å². The fraction of sp³-hybridized carbons (Fsp3) is 0.222.